The average molecular weight is 796 g/mol. The predicted molar refractivity (Wildman–Crippen MR) is 260 cm³/mol. The zero-order chi connectivity index (χ0) is 40.3. The van der Waals surface area contributed by atoms with Crippen molar-refractivity contribution in [2.75, 3.05) is 4.90 Å². The molecule has 0 spiro atoms. The number of benzene rings is 10. The number of rotatable bonds is 7. The molecule has 12 aromatic rings. The topological polar surface area (TPSA) is 21.1 Å². The lowest BCUT2D eigenvalue weighted by Crippen LogP contribution is -2.10. The molecule has 286 valence electrons. The molecule has 0 fully saturated rings. The third-order valence-corrected chi connectivity index (χ3v) is 13.1. The highest BCUT2D eigenvalue weighted by atomic mass is 32.1. The van der Waals surface area contributed by atoms with Gasteiger partial charge in [0.1, 0.15) is 5.01 Å². The molecular formula is C57H37N3S. The van der Waals surface area contributed by atoms with E-state index in [2.05, 4.69) is 234 Å². The van der Waals surface area contributed by atoms with Gasteiger partial charge in [-0.1, -0.05) is 158 Å². The lowest BCUT2D eigenvalue weighted by atomic mass is 9.96. The standard InChI is InChI=1S/C57H37N3S/c1-4-12-38(13-5-1)39-24-29-46(30-25-39)59(48-33-34-50-49-18-10-11-19-53(49)60(54(50)37-48)45-16-8-3-9-17-45)47-31-26-40(27-32-47)44-23-21-41-20-22-42-28-35-52-56(55(42)51(41)36-44)61-57(58-52)43-14-6-2-7-15-43/h1-37H. The van der Waals surface area contributed by atoms with E-state index in [0.29, 0.717) is 0 Å². The van der Waals surface area contributed by atoms with Crippen molar-refractivity contribution < 1.29 is 0 Å². The number of aromatic nitrogens is 2. The Morgan fingerprint density at radius 2 is 0.918 bits per heavy atom. The first-order chi connectivity index (χ1) is 30.2. The quantitative estimate of drug-likeness (QED) is 0.150. The van der Waals surface area contributed by atoms with Crippen LogP contribution in [0.1, 0.15) is 0 Å². The molecule has 12 rings (SSSR count). The minimum absolute atomic E-state index is 1.04. The van der Waals surface area contributed by atoms with Crippen molar-refractivity contribution in [2.24, 2.45) is 0 Å². The second kappa shape index (κ2) is 14.5. The van der Waals surface area contributed by atoms with Crippen molar-refractivity contribution in [3.63, 3.8) is 0 Å². The molecule has 10 aromatic carbocycles. The van der Waals surface area contributed by atoms with Crippen LogP contribution in [0, 0.1) is 0 Å². The van der Waals surface area contributed by atoms with E-state index in [0.717, 1.165) is 38.8 Å². The van der Waals surface area contributed by atoms with Gasteiger partial charge in [-0.3, -0.25) is 0 Å². The Kier molecular flexibility index (Phi) is 8.36. The van der Waals surface area contributed by atoms with Crippen molar-refractivity contribution in [1.82, 2.24) is 9.55 Å². The Hall–Kier alpha value is -7.79. The number of hydrogen-bond acceptors (Lipinski definition) is 3. The van der Waals surface area contributed by atoms with Crippen LogP contribution in [-0.4, -0.2) is 9.55 Å². The Morgan fingerprint density at radius 3 is 1.66 bits per heavy atom. The lowest BCUT2D eigenvalue weighted by molar-refractivity contribution is 1.18. The van der Waals surface area contributed by atoms with E-state index < -0.39 is 0 Å². The summed E-state index contributed by atoms with van der Waals surface area (Å²) < 4.78 is 3.62. The molecule has 0 N–H and O–H groups in total. The van der Waals surface area contributed by atoms with E-state index in [1.54, 1.807) is 11.3 Å². The van der Waals surface area contributed by atoms with E-state index in [4.69, 9.17) is 4.98 Å². The summed E-state index contributed by atoms with van der Waals surface area (Å²) >= 11 is 1.78. The van der Waals surface area contributed by atoms with E-state index in [-0.39, 0.29) is 0 Å². The maximum absolute atomic E-state index is 5.08. The van der Waals surface area contributed by atoms with Gasteiger partial charge >= 0.3 is 0 Å². The molecule has 0 aliphatic heterocycles. The summed E-state index contributed by atoms with van der Waals surface area (Å²) in [6, 6.07) is 81.1. The molecule has 0 amide bonds. The molecular weight excluding hydrogens is 759 g/mol. The monoisotopic (exact) mass is 795 g/mol. The van der Waals surface area contributed by atoms with Crippen LogP contribution in [0.3, 0.4) is 0 Å². The summed E-state index contributed by atoms with van der Waals surface area (Å²) in [6.07, 6.45) is 0. The predicted octanol–water partition coefficient (Wildman–Crippen LogP) is 16.2. The lowest BCUT2D eigenvalue weighted by Gasteiger charge is -2.26. The molecule has 61 heavy (non-hydrogen) atoms. The minimum atomic E-state index is 1.04. The molecule has 2 heterocycles. The van der Waals surface area contributed by atoms with Crippen LogP contribution >= 0.6 is 11.3 Å². The summed E-state index contributed by atoms with van der Waals surface area (Å²) in [7, 11) is 0. The molecule has 0 saturated heterocycles. The van der Waals surface area contributed by atoms with Crippen LogP contribution in [0.2, 0.25) is 0 Å². The maximum atomic E-state index is 5.08. The summed E-state index contributed by atoms with van der Waals surface area (Å²) in [5, 5.41) is 8.49. The van der Waals surface area contributed by atoms with Crippen LogP contribution in [0.4, 0.5) is 17.1 Å². The number of hydrogen-bond donors (Lipinski definition) is 0. The highest BCUT2D eigenvalue weighted by Gasteiger charge is 2.19. The Morgan fingerprint density at radius 1 is 0.377 bits per heavy atom. The fourth-order valence-electron chi connectivity index (χ4n) is 9.04. The number of para-hydroxylation sites is 2. The van der Waals surface area contributed by atoms with Gasteiger partial charge in [0, 0.05) is 44.5 Å². The van der Waals surface area contributed by atoms with Crippen LogP contribution in [0.25, 0.3) is 92.1 Å². The molecule has 3 nitrogen and oxygen atoms in total. The minimum Gasteiger partial charge on any atom is -0.310 e. The van der Waals surface area contributed by atoms with Crippen molar-refractivity contribution in [2.45, 2.75) is 0 Å². The normalized spacial score (nSPS) is 11.6. The molecule has 4 heteroatoms. The number of anilines is 3. The zero-order valence-electron chi connectivity index (χ0n) is 33.1. The molecule has 0 unspecified atom stereocenters. The van der Waals surface area contributed by atoms with Gasteiger partial charge in [-0.2, -0.15) is 0 Å². The van der Waals surface area contributed by atoms with Crippen LogP contribution < -0.4 is 4.90 Å². The van der Waals surface area contributed by atoms with Gasteiger partial charge in [-0.25, -0.2) is 4.98 Å². The summed E-state index contributed by atoms with van der Waals surface area (Å²) in [5.74, 6) is 0. The Labute approximate surface area is 357 Å². The van der Waals surface area contributed by atoms with E-state index in [1.807, 2.05) is 0 Å². The van der Waals surface area contributed by atoms with Gasteiger partial charge in [-0.05, 0) is 105 Å². The first kappa shape index (κ1) is 35.2. The largest absolute Gasteiger partial charge is 0.310 e. The number of nitrogens with zero attached hydrogens (tertiary/aromatic N) is 3. The molecule has 0 radical (unpaired) electrons. The summed E-state index contributed by atoms with van der Waals surface area (Å²) in [5.41, 5.74) is 13.7. The van der Waals surface area contributed by atoms with Gasteiger partial charge in [0.15, 0.2) is 0 Å². The SMILES string of the molecule is c1ccc(-c2ccc(N(c3ccc(-c4ccc5ccc6ccc7nc(-c8ccccc8)sc7c6c5c4)cc3)c3ccc4c5ccccc5n(-c5ccccc5)c4c3)cc2)cc1. The molecule has 0 aliphatic rings. The number of fused-ring (bicyclic) bond motifs is 8. The van der Waals surface area contributed by atoms with E-state index in [1.165, 1.54) is 70.3 Å². The first-order valence-corrected chi connectivity index (χ1v) is 21.5. The van der Waals surface area contributed by atoms with Crippen molar-refractivity contribution in [3.8, 4) is 38.5 Å². The fourth-order valence-corrected chi connectivity index (χ4v) is 10.2. The smallest absolute Gasteiger partial charge is 0.124 e. The fraction of sp³-hybridized carbons (Fsp3) is 0. The third kappa shape index (κ3) is 6.07. The Balaban J connectivity index is 0.986. The molecule has 2 aromatic heterocycles. The summed E-state index contributed by atoms with van der Waals surface area (Å²) in [4.78, 5) is 7.46. The maximum Gasteiger partial charge on any atom is 0.124 e. The number of thiazole rings is 1. The van der Waals surface area contributed by atoms with Crippen LogP contribution in [0.15, 0.2) is 224 Å². The van der Waals surface area contributed by atoms with Gasteiger partial charge in [0.25, 0.3) is 0 Å². The van der Waals surface area contributed by atoms with Gasteiger partial charge in [0.05, 0.1) is 21.3 Å². The van der Waals surface area contributed by atoms with Crippen LogP contribution in [0.5, 0.6) is 0 Å². The zero-order valence-corrected chi connectivity index (χ0v) is 33.9. The van der Waals surface area contributed by atoms with Crippen molar-refractivity contribution in [1.29, 1.82) is 0 Å². The Bertz CT molecular complexity index is 3550. The van der Waals surface area contributed by atoms with Gasteiger partial charge < -0.3 is 9.47 Å². The van der Waals surface area contributed by atoms with Gasteiger partial charge in [-0.15, -0.1) is 11.3 Å². The summed E-state index contributed by atoms with van der Waals surface area (Å²) in [6.45, 7) is 0. The first-order valence-electron chi connectivity index (χ1n) is 20.7. The molecule has 0 aliphatic carbocycles. The molecule has 0 atom stereocenters. The van der Waals surface area contributed by atoms with Crippen LogP contribution in [-0.2, 0) is 0 Å². The molecule has 0 bridgehead atoms. The highest BCUT2D eigenvalue weighted by Crippen LogP contribution is 2.42. The van der Waals surface area contributed by atoms with E-state index >= 15 is 0 Å². The van der Waals surface area contributed by atoms with Gasteiger partial charge in [0.2, 0.25) is 0 Å². The second-order valence-corrected chi connectivity index (χ2v) is 16.6. The highest BCUT2D eigenvalue weighted by molar-refractivity contribution is 7.22. The van der Waals surface area contributed by atoms with E-state index in [9.17, 15) is 0 Å². The third-order valence-electron chi connectivity index (χ3n) is 12.0. The van der Waals surface area contributed by atoms with Crippen molar-refractivity contribution >= 4 is 82.0 Å². The molecule has 0 saturated carbocycles. The second-order valence-electron chi connectivity index (χ2n) is 15.6. The average Bonchev–Trinajstić information content (AvgIpc) is 3.92. The van der Waals surface area contributed by atoms with Crippen molar-refractivity contribution in [3.05, 3.63) is 224 Å².